The molecule has 72 valence electrons. The van der Waals surface area contributed by atoms with Crippen molar-refractivity contribution >= 4 is 11.7 Å². The maximum Gasteiger partial charge on any atom is 0.378 e. The summed E-state index contributed by atoms with van der Waals surface area (Å²) in [6, 6.07) is 1.70. The minimum atomic E-state index is -0.530. The first-order valence-electron chi connectivity index (χ1n) is 4.16. The third-order valence-corrected chi connectivity index (χ3v) is 1.57. The summed E-state index contributed by atoms with van der Waals surface area (Å²) in [5, 5.41) is 3.90. The van der Waals surface area contributed by atoms with Crippen LogP contribution in [0.2, 0.25) is 0 Å². The van der Waals surface area contributed by atoms with Crippen molar-refractivity contribution in [2.24, 2.45) is 0 Å². The van der Waals surface area contributed by atoms with E-state index in [9.17, 15) is 4.79 Å². The van der Waals surface area contributed by atoms with E-state index in [0.29, 0.717) is 12.4 Å². The zero-order valence-electron chi connectivity index (χ0n) is 7.54. The van der Waals surface area contributed by atoms with Crippen molar-refractivity contribution in [3.63, 3.8) is 0 Å². The number of nitrogens with zero attached hydrogens (tertiary/aromatic N) is 4. The summed E-state index contributed by atoms with van der Waals surface area (Å²) < 4.78 is 6.18. The van der Waals surface area contributed by atoms with E-state index in [-0.39, 0.29) is 5.82 Å². The molecule has 6 heteroatoms. The number of rotatable bonds is 2. The number of ether oxygens (including phenoxy) is 1. The Morgan fingerprint density at radius 1 is 1.64 bits per heavy atom. The molecule has 0 fully saturated rings. The summed E-state index contributed by atoms with van der Waals surface area (Å²) in [6.07, 6.45) is 3.25. The summed E-state index contributed by atoms with van der Waals surface area (Å²) in [4.78, 5) is 19.0. The first kappa shape index (κ1) is 8.61. The third kappa shape index (κ3) is 1.41. The van der Waals surface area contributed by atoms with Gasteiger partial charge in [0.2, 0.25) is 0 Å². The van der Waals surface area contributed by atoms with Crippen LogP contribution in [0.15, 0.2) is 18.5 Å². The van der Waals surface area contributed by atoms with Gasteiger partial charge in [-0.15, -0.1) is 5.10 Å². The van der Waals surface area contributed by atoms with Crippen LogP contribution in [0.25, 0.3) is 5.78 Å². The van der Waals surface area contributed by atoms with E-state index >= 15 is 0 Å². The molecule has 0 amide bonds. The van der Waals surface area contributed by atoms with Crippen LogP contribution in [0.5, 0.6) is 0 Å². The van der Waals surface area contributed by atoms with Crippen molar-refractivity contribution < 1.29 is 9.53 Å². The van der Waals surface area contributed by atoms with Crippen LogP contribution in [-0.4, -0.2) is 32.2 Å². The lowest BCUT2D eigenvalue weighted by molar-refractivity contribution is 0.0512. The van der Waals surface area contributed by atoms with Gasteiger partial charge in [-0.3, -0.25) is 0 Å². The molecule has 0 aliphatic rings. The second kappa shape index (κ2) is 3.41. The van der Waals surface area contributed by atoms with E-state index in [0.717, 1.165) is 0 Å². The number of hydrogen-bond donors (Lipinski definition) is 0. The molecule has 6 nitrogen and oxygen atoms in total. The van der Waals surface area contributed by atoms with Gasteiger partial charge >= 0.3 is 5.97 Å². The molecule has 0 N–H and O–H groups in total. The van der Waals surface area contributed by atoms with Crippen molar-refractivity contribution in [3.8, 4) is 0 Å². The maximum atomic E-state index is 11.2. The molecular formula is C8H8N4O2. The number of carbonyl (C=O) groups is 1. The highest BCUT2D eigenvalue weighted by Gasteiger charge is 2.13. The van der Waals surface area contributed by atoms with E-state index in [1.54, 1.807) is 25.4 Å². The van der Waals surface area contributed by atoms with Gasteiger partial charge < -0.3 is 4.74 Å². The van der Waals surface area contributed by atoms with Crippen molar-refractivity contribution in [1.29, 1.82) is 0 Å². The third-order valence-electron chi connectivity index (χ3n) is 1.57. The van der Waals surface area contributed by atoms with Crippen LogP contribution < -0.4 is 0 Å². The van der Waals surface area contributed by atoms with Crippen LogP contribution in [0, 0.1) is 0 Å². The summed E-state index contributed by atoms with van der Waals surface area (Å²) >= 11 is 0. The number of hydrogen-bond acceptors (Lipinski definition) is 5. The van der Waals surface area contributed by atoms with Gasteiger partial charge in [-0.25, -0.2) is 14.3 Å². The van der Waals surface area contributed by atoms with Gasteiger partial charge in [0.25, 0.3) is 11.6 Å². The SMILES string of the molecule is CCOC(=O)c1nc2ncccn2n1. The van der Waals surface area contributed by atoms with E-state index in [1.807, 2.05) is 0 Å². The minimum Gasteiger partial charge on any atom is -0.460 e. The van der Waals surface area contributed by atoms with Crippen molar-refractivity contribution in [2.45, 2.75) is 6.92 Å². The molecule has 0 aliphatic carbocycles. The van der Waals surface area contributed by atoms with Crippen LogP contribution in [0.1, 0.15) is 17.5 Å². The molecule has 0 unspecified atom stereocenters. The van der Waals surface area contributed by atoms with Crippen LogP contribution in [-0.2, 0) is 4.74 Å². The molecular weight excluding hydrogens is 184 g/mol. The molecule has 0 bridgehead atoms. The molecule has 0 spiro atoms. The standard InChI is InChI=1S/C8H8N4O2/c1-2-14-7(13)6-10-8-9-4-3-5-12(8)11-6/h3-5H,2H2,1H3. The van der Waals surface area contributed by atoms with Crippen LogP contribution >= 0.6 is 0 Å². The summed E-state index contributed by atoms with van der Waals surface area (Å²) in [5.41, 5.74) is 0. The second-order valence-corrected chi connectivity index (χ2v) is 2.52. The summed E-state index contributed by atoms with van der Waals surface area (Å²) in [5.74, 6) is -0.112. The van der Waals surface area contributed by atoms with Gasteiger partial charge in [-0.05, 0) is 13.0 Å². The molecule has 0 aliphatic heterocycles. The number of carbonyl (C=O) groups excluding carboxylic acids is 1. The topological polar surface area (TPSA) is 69.4 Å². The number of fused-ring (bicyclic) bond motifs is 1. The second-order valence-electron chi connectivity index (χ2n) is 2.52. The lowest BCUT2D eigenvalue weighted by atomic mass is 10.6. The highest BCUT2D eigenvalue weighted by Crippen LogP contribution is 1.98. The Labute approximate surface area is 79.5 Å². The van der Waals surface area contributed by atoms with E-state index in [1.165, 1.54) is 4.52 Å². The zero-order valence-corrected chi connectivity index (χ0v) is 7.54. The molecule has 0 saturated carbocycles. The van der Waals surface area contributed by atoms with E-state index in [2.05, 4.69) is 15.1 Å². The van der Waals surface area contributed by atoms with Crippen molar-refractivity contribution in [1.82, 2.24) is 19.6 Å². The minimum absolute atomic E-state index is 0.0329. The number of esters is 1. The monoisotopic (exact) mass is 192 g/mol. The molecule has 14 heavy (non-hydrogen) atoms. The fourth-order valence-corrected chi connectivity index (χ4v) is 1.01. The highest BCUT2D eigenvalue weighted by molar-refractivity contribution is 5.85. The lowest BCUT2D eigenvalue weighted by Gasteiger charge is -1.93. The average Bonchev–Trinajstić information content (AvgIpc) is 2.61. The molecule has 2 aromatic heterocycles. The molecule has 2 aromatic rings. The van der Waals surface area contributed by atoms with E-state index in [4.69, 9.17) is 4.74 Å². The predicted molar refractivity (Wildman–Crippen MR) is 46.7 cm³/mol. The molecule has 0 atom stereocenters. The molecule has 0 aromatic carbocycles. The Morgan fingerprint density at radius 3 is 3.21 bits per heavy atom. The Morgan fingerprint density at radius 2 is 2.50 bits per heavy atom. The van der Waals surface area contributed by atoms with Gasteiger partial charge in [0.15, 0.2) is 0 Å². The molecule has 2 rings (SSSR count). The highest BCUT2D eigenvalue weighted by atomic mass is 16.5. The van der Waals surface area contributed by atoms with Gasteiger partial charge in [0.05, 0.1) is 6.61 Å². The normalized spacial score (nSPS) is 10.4. The van der Waals surface area contributed by atoms with Gasteiger partial charge in [-0.2, -0.15) is 4.98 Å². The van der Waals surface area contributed by atoms with Crippen LogP contribution in [0.3, 0.4) is 0 Å². The average molecular weight is 192 g/mol. The Hall–Kier alpha value is -1.98. The van der Waals surface area contributed by atoms with Crippen molar-refractivity contribution in [2.75, 3.05) is 6.61 Å². The Bertz CT molecular complexity index is 432. The molecule has 0 saturated heterocycles. The van der Waals surface area contributed by atoms with Gasteiger partial charge in [-0.1, -0.05) is 0 Å². The first-order chi connectivity index (χ1) is 6.81. The fraction of sp³-hybridized carbons (Fsp3) is 0.250. The van der Waals surface area contributed by atoms with Gasteiger partial charge in [0.1, 0.15) is 0 Å². The number of aromatic nitrogens is 4. The quantitative estimate of drug-likeness (QED) is 0.640. The molecule has 0 radical (unpaired) electrons. The summed E-state index contributed by atoms with van der Waals surface area (Å²) in [6.45, 7) is 2.04. The summed E-state index contributed by atoms with van der Waals surface area (Å²) in [7, 11) is 0. The van der Waals surface area contributed by atoms with Crippen LogP contribution in [0.4, 0.5) is 0 Å². The molecule has 2 heterocycles. The van der Waals surface area contributed by atoms with Gasteiger partial charge in [0, 0.05) is 12.4 Å². The van der Waals surface area contributed by atoms with Crippen molar-refractivity contribution in [3.05, 3.63) is 24.3 Å². The van der Waals surface area contributed by atoms with E-state index < -0.39 is 5.97 Å². The largest absolute Gasteiger partial charge is 0.460 e. The smallest absolute Gasteiger partial charge is 0.378 e. The zero-order chi connectivity index (χ0) is 9.97. The predicted octanol–water partition coefficient (Wildman–Crippen LogP) is 0.301. The Balaban J connectivity index is 2.40. The fourth-order valence-electron chi connectivity index (χ4n) is 1.01. The Kier molecular flexibility index (Phi) is 2.10. The maximum absolute atomic E-state index is 11.2. The lowest BCUT2D eigenvalue weighted by Crippen LogP contribution is -2.06. The first-order valence-corrected chi connectivity index (χ1v) is 4.16.